The second kappa shape index (κ2) is 8.80. The van der Waals surface area contributed by atoms with Crippen LogP contribution in [0.3, 0.4) is 0 Å². The first-order valence-corrected chi connectivity index (χ1v) is 8.78. The lowest BCUT2D eigenvalue weighted by Gasteiger charge is -2.23. The maximum absolute atomic E-state index is 12.2. The molecule has 1 aliphatic rings. The molecule has 1 aliphatic heterocycles. The van der Waals surface area contributed by atoms with E-state index in [2.05, 4.69) is 10.6 Å². The number of hydrogen-bond acceptors (Lipinski definition) is 6. The standard InChI is InChI=1S/C21H19N3O5/c1-13-21(26)24-16-12-15(5-7-17(16)29-13)23-20(25)8-4-14-3-6-18(28-10-9-22)19(11-14)27-2/h3-8,11-13H,10H2,1-2H3,(H,23,25)(H,24,26)/b8-4+/t13-/m1/s1. The highest BCUT2D eigenvalue weighted by Crippen LogP contribution is 2.32. The summed E-state index contributed by atoms with van der Waals surface area (Å²) in [6.07, 6.45) is 2.44. The Labute approximate surface area is 167 Å². The van der Waals surface area contributed by atoms with Crippen LogP contribution in [0.25, 0.3) is 6.08 Å². The summed E-state index contributed by atoms with van der Waals surface area (Å²) in [5.74, 6) is 0.879. The van der Waals surface area contributed by atoms with E-state index in [4.69, 9.17) is 19.5 Å². The molecule has 148 valence electrons. The number of rotatable bonds is 6. The number of amides is 2. The van der Waals surface area contributed by atoms with E-state index in [1.165, 1.54) is 13.2 Å². The van der Waals surface area contributed by atoms with Crippen molar-refractivity contribution in [2.75, 3.05) is 24.4 Å². The Balaban J connectivity index is 1.66. The molecule has 2 aromatic carbocycles. The molecule has 29 heavy (non-hydrogen) atoms. The zero-order valence-corrected chi connectivity index (χ0v) is 15.9. The third-order valence-electron chi connectivity index (χ3n) is 4.09. The summed E-state index contributed by atoms with van der Waals surface area (Å²) in [6.45, 7) is 1.58. The molecular formula is C21H19N3O5. The highest BCUT2D eigenvalue weighted by molar-refractivity contribution is 6.03. The Morgan fingerprint density at radius 2 is 2.14 bits per heavy atom. The summed E-state index contributed by atoms with van der Waals surface area (Å²) in [7, 11) is 1.49. The minimum atomic E-state index is -0.556. The van der Waals surface area contributed by atoms with Crippen LogP contribution < -0.4 is 24.8 Å². The van der Waals surface area contributed by atoms with Crippen molar-refractivity contribution in [2.24, 2.45) is 0 Å². The van der Waals surface area contributed by atoms with Gasteiger partial charge in [0.1, 0.15) is 11.8 Å². The predicted molar refractivity (Wildman–Crippen MR) is 107 cm³/mol. The molecule has 0 aliphatic carbocycles. The largest absolute Gasteiger partial charge is 0.493 e. The van der Waals surface area contributed by atoms with Gasteiger partial charge in [-0.15, -0.1) is 0 Å². The Hall–Kier alpha value is -3.99. The maximum Gasteiger partial charge on any atom is 0.265 e. The Morgan fingerprint density at radius 1 is 1.31 bits per heavy atom. The summed E-state index contributed by atoms with van der Waals surface area (Å²) < 4.78 is 16.0. The van der Waals surface area contributed by atoms with Gasteiger partial charge in [-0.2, -0.15) is 5.26 Å². The topological polar surface area (TPSA) is 110 Å². The smallest absolute Gasteiger partial charge is 0.265 e. The van der Waals surface area contributed by atoms with Gasteiger partial charge < -0.3 is 24.8 Å². The van der Waals surface area contributed by atoms with Gasteiger partial charge in [0, 0.05) is 11.8 Å². The molecule has 3 rings (SSSR count). The second-order valence-corrected chi connectivity index (χ2v) is 6.14. The molecule has 2 N–H and O–H groups in total. The number of nitrogens with zero attached hydrogens (tertiary/aromatic N) is 1. The quantitative estimate of drug-likeness (QED) is 0.730. The molecule has 2 amide bonds. The number of nitrogens with one attached hydrogen (secondary N) is 2. The fraction of sp³-hybridized carbons (Fsp3) is 0.190. The van der Waals surface area contributed by atoms with Crippen LogP contribution in [0.5, 0.6) is 17.2 Å². The van der Waals surface area contributed by atoms with Crippen LogP contribution >= 0.6 is 0 Å². The van der Waals surface area contributed by atoms with Gasteiger partial charge in [0.15, 0.2) is 24.2 Å². The molecule has 0 radical (unpaired) electrons. The number of hydrogen-bond donors (Lipinski definition) is 2. The third-order valence-corrected chi connectivity index (χ3v) is 4.09. The molecule has 8 nitrogen and oxygen atoms in total. The van der Waals surface area contributed by atoms with Gasteiger partial charge in [-0.05, 0) is 48.9 Å². The first kappa shape index (κ1) is 19.8. The summed E-state index contributed by atoms with van der Waals surface area (Å²) in [5, 5.41) is 14.1. The van der Waals surface area contributed by atoms with E-state index in [0.717, 1.165) is 5.56 Å². The summed E-state index contributed by atoms with van der Waals surface area (Å²) >= 11 is 0. The number of anilines is 2. The minimum Gasteiger partial charge on any atom is -0.493 e. The number of nitriles is 1. The van der Waals surface area contributed by atoms with Gasteiger partial charge in [0.2, 0.25) is 5.91 Å². The van der Waals surface area contributed by atoms with Gasteiger partial charge in [-0.3, -0.25) is 9.59 Å². The molecule has 2 aromatic rings. The van der Waals surface area contributed by atoms with Crippen LogP contribution in [0.15, 0.2) is 42.5 Å². The summed E-state index contributed by atoms with van der Waals surface area (Å²) in [5.41, 5.74) is 1.75. The van der Waals surface area contributed by atoms with E-state index in [9.17, 15) is 9.59 Å². The Bertz CT molecular complexity index is 1010. The van der Waals surface area contributed by atoms with Crippen molar-refractivity contribution < 1.29 is 23.8 Å². The number of carbonyl (C=O) groups excluding carboxylic acids is 2. The highest BCUT2D eigenvalue weighted by atomic mass is 16.5. The molecule has 8 heteroatoms. The Morgan fingerprint density at radius 3 is 2.90 bits per heavy atom. The normalized spacial score (nSPS) is 14.9. The van der Waals surface area contributed by atoms with Gasteiger partial charge in [0.25, 0.3) is 5.91 Å². The number of benzene rings is 2. The molecule has 1 heterocycles. The minimum absolute atomic E-state index is 0.0842. The average Bonchev–Trinajstić information content (AvgIpc) is 2.72. The van der Waals surface area contributed by atoms with Gasteiger partial charge in [-0.1, -0.05) is 6.07 Å². The fourth-order valence-electron chi connectivity index (χ4n) is 2.66. The molecular weight excluding hydrogens is 374 g/mol. The van der Waals surface area contributed by atoms with Crippen molar-refractivity contribution in [3.8, 4) is 23.3 Å². The van der Waals surface area contributed by atoms with Crippen molar-refractivity contribution >= 4 is 29.3 Å². The Kier molecular flexibility index (Phi) is 6.00. The van der Waals surface area contributed by atoms with Crippen molar-refractivity contribution in [1.29, 1.82) is 5.26 Å². The molecule has 0 saturated heterocycles. The summed E-state index contributed by atoms with van der Waals surface area (Å²) in [4.78, 5) is 23.9. The average molecular weight is 393 g/mol. The molecule has 0 unspecified atom stereocenters. The van der Waals surface area contributed by atoms with Crippen LogP contribution in [0.1, 0.15) is 12.5 Å². The van der Waals surface area contributed by atoms with E-state index in [1.54, 1.807) is 49.4 Å². The highest BCUT2D eigenvalue weighted by Gasteiger charge is 2.23. The molecule has 0 bridgehead atoms. The number of ether oxygens (including phenoxy) is 3. The van der Waals surface area contributed by atoms with E-state index < -0.39 is 6.10 Å². The van der Waals surface area contributed by atoms with Crippen molar-refractivity contribution in [3.05, 3.63) is 48.0 Å². The van der Waals surface area contributed by atoms with Gasteiger partial charge in [-0.25, -0.2) is 0 Å². The van der Waals surface area contributed by atoms with Crippen LogP contribution in [0.2, 0.25) is 0 Å². The predicted octanol–water partition coefficient (Wildman–Crippen LogP) is 2.97. The molecule has 0 saturated carbocycles. The number of fused-ring (bicyclic) bond motifs is 1. The monoisotopic (exact) mass is 393 g/mol. The lowest BCUT2D eigenvalue weighted by molar-refractivity contribution is -0.122. The zero-order valence-electron chi connectivity index (χ0n) is 15.9. The molecule has 0 aromatic heterocycles. The van der Waals surface area contributed by atoms with Gasteiger partial charge in [0.05, 0.1) is 12.8 Å². The van der Waals surface area contributed by atoms with Crippen molar-refractivity contribution in [1.82, 2.24) is 0 Å². The first-order chi connectivity index (χ1) is 14.0. The number of carbonyl (C=O) groups is 2. The van der Waals surface area contributed by atoms with Crippen LogP contribution in [0, 0.1) is 11.3 Å². The zero-order chi connectivity index (χ0) is 20.8. The SMILES string of the molecule is COc1cc(/C=C/C(=O)Nc2ccc3c(c2)NC(=O)[C@@H](C)O3)ccc1OCC#N. The lowest BCUT2D eigenvalue weighted by Crippen LogP contribution is -2.34. The van der Waals surface area contributed by atoms with E-state index >= 15 is 0 Å². The van der Waals surface area contributed by atoms with Crippen LogP contribution in [0.4, 0.5) is 11.4 Å². The van der Waals surface area contributed by atoms with E-state index in [-0.39, 0.29) is 18.4 Å². The maximum atomic E-state index is 12.2. The fourth-order valence-corrected chi connectivity index (χ4v) is 2.66. The van der Waals surface area contributed by atoms with Crippen molar-refractivity contribution in [2.45, 2.75) is 13.0 Å². The number of methoxy groups -OCH3 is 1. The van der Waals surface area contributed by atoms with E-state index in [1.807, 2.05) is 6.07 Å². The lowest BCUT2D eigenvalue weighted by atomic mass is 10.2. The van der Waals surface area contributed by atoms with Crippen molar-refractivity contribution in [3.63, 3.8) is 0 Å². The van der Waals surface area contributed by atoms with Crippen LogP contribution in [-0.4, -0.2) is 31.6 Å². The molecule has 0 fully saturated rings. The molecule has 0 spiro atoms. The molecule has 1 atom stereocenters. The third kappa shape index (κ3) is 4.84. The summed E-state index contributed by atoms with van der Waals surface area (Å²) in [6, 6.07) is 12.0. The van der Waals surface area contributed by atoms with Gasteiger partial charge >= 0.3 is 0 Å². The van der Waals surface area contributed by atoms with Crippen LogP contribution in [-0.2, 0) is 9.59 Å². The van der Waals surface area contributed by atoms with E-state index in [0.29, 0.717) is 28.6 Å². The second-order valence-electron chi connectivity index (χ2n) is 6.14. The first-order valence-electron chi connectivity index (χ1n) is 8.78.